The number of benzene rings is 2. The maximum atomic E-state index is 13.6. The van der Waals surface area contributed by atoms with Crippen LogP contribution in [0.3, 0.4) is 0 Å². The fraction of sp³-hybridized carbons (Fsp3) is 0.333. The van der Waals surface area contributed by atoms with Gasteiger partial charge in [-0.15, -0.1) is 11.8 Å². The fourth-order valence-electron chi connectivity index (χ4n) is 7.17. The van der Waals surface area contributed by atoms with Crippen molar-refractivity contribution in [3.8, 4) is 5.75 Å². The Bertz CT molecular complexity index is 1540. The Morgan fingerprint density at radius 2 is 1.71 bits per heavy atom. The molecule has 3 amide bonds. The number of hydrogen-bond donors (Lipinski definition) is 3. The van der Waals surface area contributed by atoms with E-state index in [4.69, 9.17) is 0 Å². The maximum absolute atomic E-state index is 13.6. The quantitative estimate of drug-likeness (QED) is 0.428. The molecule has 2 aliphatic heterocycles. The summed E-state index contributed by atoms with van der Waals surface area (Å²) in [7, 11) is 0. The van der Waals surface area contributed by atoms with Crippen molar-refractivity contribution in [3.63, 3.8) is 0 Å². The van der Waals surface area contributed by atoms with Crippen LogP contribution in [0.1, 0.15) is 22.8 Å². The predicted molar refractivity (Wildman–Crippen MR) is 138 cm³/mol. The van der Waals surface area contributed by atoms with Gasteiger partial charge in [0.2, 0.25) is 17.7 Å². The third kappa shape index (κ3) is 3.48. The number of H-pyrrole nitrogens is 1. The lowest BCUT2D eigenvalue weighted by Gasteiger charge is -2.43. The Balaban J connectivity index is 1.19. The summed E-state index contributed by atoms with van der Waals surface area (Å²) in [5.41, 5.74) is 1.35. The van der Waals surface area contributed by atoms with Gasteiger partial charge in [0.25, 0.3) is 0 Å². The van der Waals surface area contributed by atoms with Crippen molar-refractivity contribution in [2.24, 2.45) is 29.6 Å². The third-order valence-corrected chi connectivity index (χ3v) is 11.1. The summed E-state index contributed by atoms with van der Waals surface area (Å²) in [6, 6.07) is 12.3. The van der Waals surface area contributed by atoms with E-state index in [0.29, 0.717) is 5.69 Å². The standard InChI is InChI=1S/C27H22FN3O5S2/c28-12-3-5-13(6-4-12)29-17(33)10-31-25(34)20-15-9-16(21(20)26(31)35)22-19(15)18(11-1-7-14(32)8-2-11)23-24(37-22)30-27(36)38-23/h1-8,15-16,18-22,32H,9-10H2,(H,29,33)(H,30,36). The Morgan fingerprint density at radius 3 is 2.42 bits per heavy atom. The predicted octanol–water partition coefficient (Wildman–Crippen LogP) is 3.39. The second-order valence-electron chi connectivity index (χ2n) is 10.4. The minimum atomic E-state index is -0.515. The number of imide groups is 1. The zero-order valence-electron chi connectivity index (χ0n) is 19.8. The lowest BCUT2D eigenvalue weighted by atomic mass is 9.68. The van der Waals surface area contributed by atoms with E-state index in [0.717, 1.165) is 26.8 Å². The maximum Gasteiger partial charge on any atom is 0.305 e. The summed E-state index contributed by atoms with van der Waals surface area (Å²) in [5.74, 6) is -2.59. The molecule has 2 aliphatic carbocycles. The number of rotatable bonds is 4. The van der Waals surface area contributed by atoms with Crippen LogP contribution in [0.25, 0.3) is 0 Å². The van der Waals surface area contributed by atoms with E-state index >= 15 is 0 Å². The van der Waals surface area contributed by atoms with Crippen molar-refractivity contribution in [2.75, 3.05) is 11.9 Å². The molecule has 3 aromatic rings. The normalized spacial score (nSPS) is 30.8. The molecular formula is C27H22FN3O5S2. The molecule has 7 rings (SSSR count). The number of phenols is 1. The van der Waals surface area contributed by atoms with Gasteiger partial charge in [-0.3, -0.25) is 24.1 Å². The van der Waals surface area contributed by atoms with Crippen molar-refractivity contribution < 1.29 is 23.9 Å². The van der Waals surface area contributed by atoms with Crippen molar-refractivity contribution in [3.05, 3.63) is 74.5 Å². The Hall–Kier alpha value is -3.44. The Kier molecular flexibility index (Phi) is 5.31. The SMILES string of the molecule is O=C(CN1C(=O)C2C3CC(C2C1=O)C1C(c2ccc(O)cc2)c2sc(=O)[nH]c2SC31)Nc1ccc(F)cc1. The van der Waals surface area contributed by atoms with Gasteiger partial charge < -0.3 is 15.4 Å². The molecule has 0 radical (unpaired) electrons. The topological polar surface area (TPSA) is 120 Å². The first kappa shape index (κ1) is 23.7. The molecule has 38 heavy (non-hydrogen) atoms. The number of carbonyl (C=O) groups excluding carboxylic acids is 3. The molecule has 3 heterocycles. The van der Waals surface area contributed by atoms with Crippen LogP contribution in [0.5, 0.6) is 5.75 Å². The second kappa shape index (κ2) is 8.54. The molecule has 3 fully saturated rings. The highest BCUT2D eigenvalue weighted by Crippen LogP contribution is 2.68. The van der Waals surface area contributed by atoms with Gasteiger partial charge in [0.1, 0.15) is 18.1 Å². The van der Waals surface area contributed by atoms with Crippen molar-refractivity contribution >= 4 is 46.5 Å². The van der Waals surface area contributed by atoms with Crippen molar-refractivity contribution in [1.29, 1.82) is 0 Å². The van der Waals surface area contributed by atoms with E-state index in [1.54, 1.807) is 23.9 Å². The minimum absolute atomic E-state index is 0.0412. The molecule has 2 bridgehead atoms. The lowest BCUT2D eigenvalue weighted by Crippen LogP contribution is -2.42. The highest BCUT2D eigenvalue weighted by Gasteiger charge is 2.69. The lowest BCUT2D eigenvalue weighted by molar-refractivity contribution is -0.143. The molecule has 7 atom stereocenters. The first-order valence-corrected chi connectivity index (χ1v) is 14.1. The molecule has 1 saturated heterocycles. The molecule has 0 spiro atoms. The van der Waals surface area contributed by atoms with Crippen LogP contribution in [-0.2, 0) is 14.4 Å². The summed E-state index contributed by atoms with van der Waals surface area (Å²) < 4.78 is 13.2. The van der Waals surface area contributed by atoms with Crippen LogP contribution < -0.4 is 10.2 Å². The van der Waals surface area contributed by atoms with Gasteiger partial charge in [0.05, 0.1) is 16.9 Å². The number of aromatic hydroxyl groups is 1. The van der Waals surface area contributed by atoms with Gasteiger partial charge in [0.15, 0.2) is 0 Å². The van der Waals surface area contributed by atoms with Gasteiger partial charge >= 0.3 is 4.87 Å². The molecule has 4 aliphatic rings. The number of likely N-dealkylation sites (tertiary alicyclic amines) is 1. The first-order valence-electron chi connectivity index (χ1n) is 12.4. The van der Waals surface area contributed by atoms with E-state index < -0.39 is 23.6 Å². The van der Waals surface area contributed by atoms with Gasteiger partial charge in [-0.25, -0.2) is 4.39 Å². The molecule has 2 aromatic carbocycles. The average Bonchev–Trinajstić information content (AvgIpc) is 3.62. The summed E-state index contributed by atoms with van der Waals surface area (Å²) in [6.45, 7) is -0.383. The number of fused-ring (bicyclic) bond motifs is 9. The van der Waals surface area contributed by atoms with Crippen LogP contribution in [0, 0.1) is 35.4 Å². The summed E-state index contributed by atoms with van der Waals surface area (Å²) >= 11 is 2.77. The number of aromatic amines is 1. The number of hydrogen-bond acceptors (Lipinski definition) is 7. The minimum Gasteiger partial charge on any atom is -0.508 e. The van der Waals surface area contributed by atoms with E-state index in [-0.39, 0.29) is 57.9 Å². The van der Waals surface area contributed by atoms with Crippen LogP contribution in [-0.4, -0.2) is 44.5 Å². The molecular weight excluding hydrogens is 529 g/mol. The molecule has 7 unspecified atom stereocenters. The second-order valence-corrected chi connectivity index (χ2v) is 12.6. The fourth-order valence-corrected chi connectivity index (χ4v) is 10.1. The van der Waals surface area contributed by atoms with Crippen LogP contribution >= 0.6 is 23.1 Å². The number of nitrogens with one attached hydrogen (secondary N) is 2. The zero-order valence-corrected chi connectivity index (χ0v) is 21.4. The Morgan fingerprint density at radius 1 is 1.03 bits per heavy atom. The number of thioether (sulfide) groups is 1. The number of amides is 3. The van der Waals surface area contributed by atoms with Gasteiger partial charge in [-0.2, -0.15) is 0 Å². The van der Waals surface area contributed by atoms with E-state index in [1.807, 2.05) is 12.1 Å². The summed E-state index contributed by atoms with van der Waals surface area (Å²) in [6.07, 6.45) is 0.749. The number of halogens is 1. The number of anilines is 1. The van der Waals surface area contributed by atoms with Crippen LogP contribution in [0.4, 0.5) is 10.1 Å². The number of carbonyl (C=O) groups is 3. The van der Waals surface area contributed by atoms with Crippen LogP contribution in [0.2, 0.25) is 0 Å². The van der Waals surface area contributed by atoms with E-state index in [2.05, 4.69) is 10.3 Å². The molecule has 11 heteroatoms. The van der Waals surface area contributed by atoms with Gasteiger partial charge in [-0.1, -0.05) is 23.5 Å². The third-order valence-electron chi connectivity index (χ3n) is 8.50. The smallest absolute Gasteiger partial charge is 0.305 e. The molecule has 8 nitrogen and oxygen atoms in total. The molecule has 2 saturated carbocycles. The molecule has 3 N–H and O–H groups in total. The van der Waals surface area contributed by atoms with Gasteiger partial charge in [0, 0.05) is 21.7 Å². The van der Waals surface area contributed by atoms with Gasteiger partial charge in [-0.05, 0) is 66.1 Å². The van der Waals surface area contributed by atoms with Crippen LogP contribution in [0.15, 0.2) is 58.4 Å². The summed E-state index contributed by atoms with van der Waals surface area (Å²) in [4.78, 5) is 57.0. The average molecular weight is 552 g/mol. The summed E-state index contributed by atoms with van der Waals surface area (Å²) in [5, 5.41) is 13.3. The number of phenolic OH excluding ortho intramolecular Hbond substituents is 1. The molecule has 194 valence electrons. The zero-order chi connectivity index (χ0) is 26.3. The highest BCUT2D eigenvalue weighted by atomic mass is 32.2. The van der Waals surface area contributed by atoms with Crippen molar-refractivity contribution in [2.45, 2.75) is 22.6 Å². The number of nitrogens with zero attached hydrogens (tertiary/aromatic N) is 1. The Labute approximate surface area is 224 Å². The van der Waals surface area contributed by atoms with Crippen molar-refractivity contribution in [1.82, 2.24) is 9.88 Å². The number of aromatic nitrogens is 1. The highest BCUT2D eigenvalue weighted by molar-refractivity contribution is 8.00. The van der Waals surface area contributed by atoms with E-state index in [1.165, 1.54) is 35.6 Å². The monoisotopic (exact) mass is 551 g/mol. The largest absolute Gasteiger partial charge is 0.508 e. The number of thiazole rings is 1. The first-order chi connectivity index (χ1) is 18.3. The molecule has 1 aromatic heterocycles. The van der Waals surface area contributed by atoms with E-state index in [9.17, 15) is 28.7 Å².